The summed E-state index contributed by atoms with van der Waals surface area (Å²) in [5, 5.41) is 11.1. The van der Waals surface area contributed by atoms with Gasteiger partial charge in [-0.3, -0.25) is 24.6 Å². The molecule has 0 spiro atoms. The third-order valence-electron chi connectivity index (χ3n) is 3.62. The number of nitro groups is 1. The summed E-state index contributed by atoms with van der Waals surface area (Å²) in [4.78, 5) is 36.2. The Kier molecular flexibility index (Phi) is 5.31. The fourth-order valence-corrected chi connectivity index (χ4v) is 3.61. The first-order chi connectivity index (χ1) is 12.3. The van der Waals surface area contributed by atoms with E-state index in [1.807, 2.05) is 0 Å². The zero-order valence-corrected chi connectivity index (χ0v) is 15.3. The third-order valence-corrected chi connectivity index (χ3v) is 5.11. The van der Waals surface area contributed by atoms with E-state index in [2.05, 4.69) is 0 Å². The Morgan fingerprint density at radius 3 is 2.42 bits per heavy atom. The van der Waals surface area contributed by atoms with Gasteiger partial charge in [0.2, 0.25) is 0 Å². The number of carbonyl (C=O) groups is 2. The van der Waals surface area contributed by atoms with Crippen LogP contribution >= 0.6 is 35.0 Å². The predicted octanol–water partition coefficient (Wildman–Crippen LogP) is 5.14. The minimum atomic E-state index is -0.506. The molecular weight excluding hydrogens is 399 g/mol. The van der Waals surface area contributed by atoms with Gasteiger partial charge >= 0.3 is 0 Å². The van der Waals surface area contributed by atoms with Crippen LogP contribution in [0.4, 0.5) is 10.5 Å². The molecule has 2 aromatic rings. The van der Waals surface area contributed by atoms with Crippen LogP contribution in [0.3, 0.4) is 0 Å². The summed E-state index contributed by atoms with van der Waals surface area (Å²) in [5.74, 6) is -0.440. The minimum Gasteiger partial charge on any atom is -0.268 e. The highest BCUT2D eigenvalue weighted by Crippen LogP contribution is 2.34. The van der Waals surface area contributed by atoms with Gasteiger partial charge in [0.05, 0.1) is 16.4 Å². The van der Waals surface area contributed by atoms with Gasteiger partial charge in [-0.25, -0.2) is 0 Å². The van der Waals surface area contributed by atoms with Crippen molar-refractivity contribution in [1.82, 2.24) is 4.90 Å². The van der Waals surface area contributed by atoms with Gasteiger partial charge in [-0.05, 0) is 53.2 Å². The fourth-order valence-electron chi connectivity index (χ4n) is 2.30. The minimum absolute atomic E-state index is 0.0400. The highest BCUT2D eigenvalue weighted by molar-refractivity contribution is 8.18. The summed E-state index contributed by atoms with van der Waals surface area (Å²) < 4.78 is 0. The number of nitro benzene ring substituents is 1. The Balaban J connectivity index is 1.80. The van der Waals surface area contributed by atoms with Crippen LogP contribution in [-0.2, 0) is 11.3 Å². The lowest BCUT2D eigenvalue weighted by Crippen LogP contribution is -2.27. The number of hydrogen-bond donors (Lipinski definition) is 0. The maximum atomic E-state index is 12.5. The molecule has 0 N–H and O–H groups in total. The van der Waals surface area contributed by atoms with Crippen molar-refractivity contribution >= 4 is 57.9 Å². The molecule has 2 amide bonds. The molecule has 26 heavy (non-hydrogen) atoms. The Labute approximate surface area is 162 Å². The number of benzene rings is 2. The number of amides is 2. The van der Waals surface area contributed by atoms with Crippen molar-refractivity contribution in [2.45, 2.75) is 6.54 Å². The lowest BCUT2D eigenvalue weighted by atomic mass is 10.2. The van der Waals surface area contributed by atoms with Gasteiger partial charge in [0, 0.05) is 22.2 Å². The summed E-state index contributed by atoms with van der Waals surface area (Å²) in [7, 11) is 0. The predicted molar refractivity (Wildman–Crippen MR) is 101 cm³/mol. The monoisotopic (exact) mass is 408 g/mol. The number of thioether (sulfide) groups is 1. The number of halogens is 2. The van der Waals surface area contributed by atoms with Crippen LogP contribution in [0, 0.1) is 10.1 Å². The molecule has 1 heterocycles. The zero-order valence-electron chi connectivity index (χ0n) is 13.0. The number of carbonyl (C=O) groups excluding carboxylic acids is 2. The molecule has 1 saturated heterocycles. The molecule has 132 valence electrons. The molecule has 6 nitrogen and oxygen atoms in total. The summed E-state index contributed by atoms with van der Waals surface area (Å²) in [6.07, 6.45) is 1.53. The Bertz CT molecular complexity index is 944. The number of nitrogens with zero attached hydrogens (tertiary/aromatic N) is 2. The molecule has 1 fully saturated rings. The van der Waals surface area contributed by atoms with Crippen molar-refractivity contribution in [3.05, 3.63) is 78.7 Å². The molecule has 0 unspecified atom stereocenters. The normalized spacial score (nSPS) is 15.8. The van der Waals surface area contributed by atoms with Crippen LogP contribution in [0.2, 0.25) is 10.0 Å². The molecular formula is C17H10Cl2N2O4S. The van der Waals surface area contributed by atoms with Crippen molar-refractivity contribution < 1.29 is 14.5 Å². The molecule has 1 aliphatic rings. The van der Waals surface area contributed by atoms with E-state index in [0.29, 0.717) is 21.2 Å². The first-order valence-electron chi connectivity index (χ1n) is 7.29. The first-order valence-corrected chi connectivity index (χ1v) is 8.86. The van der Waals surface area contributed by atoms with Gasteiger partial charge in [-0.2, -0.15) is 0 Å². The molecule has 0 aliphatic carbocycles. The average Bonchev–Trinajstić information content (AvgIpc) is 2.85. The van der Waals surface area contributed by atoms with E-state index in [1.54, 1.807) is 18.2 Å². The lowest BCUT2D eigenvalue weighted by Gasteiger charge is -2.13. The average molecular weight is 409 g/mol. The van der Waals surface area contributed by atoms with Gasteiger partial charge in [-0.1, -0.05) is 29.3 Å². The molecule has 0 bridgehead atoms. The fraction of sp³-hybridized carbons (Fsp3) is 0.0588. The molecule has 1 aliphatic heterocycles. The van der Waals surface area contributed by atoms with Gasteiger partial charge in [0.1, 0.15) is 0 Å². The van der Waals surface area contributed by atoms with Crippen molar-refractivity contribution in [2.75, 3.05) is 0 Å². The van der Waals surface area contributed by atoms with Crippen LogP contribution in [0.1, 0.15) is 11.1 Å². The van der Waals surface area contributed by atoms with Crippen LogP contribution in [0.25, 0.3) is 6.08 Å². The molecule has 0 atom stereocenters. The maximum absolute atomic E-state index is 12.5. The highest BCUT2D eigenvalue weighted by Gasteiger charge is 2.35. The van der Waals surface area contributed by atoms with E-state index in [9.17, 15) is 19.7 Å². The van der Waals surface area contributed by atoms with E-state index in [-0.39, 0.29) is 17.1 Å². The van der Waals surface area contributed by atoms with Crippen molar-refractivity contribution in [3.8, 4) is 0 Å². The van der Waals surface area contributed by atoms with Crippen LogP contribution in [-0.4, -0.2) is 21.0 Å². The summed E-state index contributed by atoms with van der Waals surface area (Å²) in [5.41, 5.74) is 1.15. The van der Waals surface area contributed by atoms with E-state index in [4.69, 9.17) is 23.2 Å². The largest absolute Gasteiger partial charge is 0.293 e. The van der Waals surface area contributed by atoms with Crippen LogP contribution in [0.5, 0.6) is 0 Å². The molecule has 0 radical (unpaired) electrons. The van der Waals surface area contributed by atoms with Gasteiger partial charge in [0.15, 0.2) is 0 Å². The number of hydrogen-bond acceptors (Lipinski definition) is 5. The molecule has 2 aromatic carbocycles. The van der Waals surface area contributed by atoms with Gasteiger partial charge < -0.3 is 0 Å². The Hall–Kier alpha value is -2.35. The number of imide groups is 1. The standard InChI is InChI=1S/C17H10Cl2N2O4S/c18-12-4-3-11(14(19)8-12)9-20-16(22)15(26-17(20)23)7-10-1-5-13(6-2-10)21(24)25/h1-8H,9H2/b15-7+. The summed E-state index contributed by atoms with van der Waals surface area (Å²) in [6.45, 7) is 0.0400. The molecule has 0 aromatic heterocycles. The van der Waals surface area contributed by atoms with E-state index in [0.717, 1.165) is 16.7 Å². The van der Waals surface area contributed by atoms with Crippen LogP contribution < -0.4 is 0 Å². The van der Waals surface area contributed by atoms with Crippen molar-refractivity contribution in [2.24, 2.45) is 0 Å². The van der Waals surface area contributed by atoms with Crippen LogP contribution in [0.15, 0.2) is 47.4 Å². The van der Waals surface area contributed by atoms with Gasteiger partial charge in [0.25, 0.3) is 16.8 Å². The second-order valence-corrected chi connectivity index (χ2v) is 7.19. The van der Waals surface area contributed by atoms with Crippen molar-refractivity contribution in [1.29, 1.82) is 0 Å². The maximum Gasteiger partial charge on any atom is 0.293 e. The topological polar surface area (TPSA) is 80.5 Å². The molecule has 3 rings (SSSR count). The second-order valence-electron chi connectivity index (χ2n) is 5.35. The van der Waals surface area contributed by atoms with E-state index in [1.165, 1.54) is 30.3 Å². The first kappa shape index (κ1) is 18.4. The Morgan fingerprint density at radius 1 is 1.12 bits per heavy atom. The summed E-state index contributed by atoms with van der Waals surface area (Å²) in [6, 6.07) is 10.5. The number of rotatable bonds is 4. The summed E-state index contributed by atoms with van der Waals surface area (Å²) >= 11 is 12.8. The van der Waals surface area contributed by atoms with Crippen molar-refractivity contribution in [3.63, 3.8) is 0 Å². The highest BCUT2D eigenvalue weighted by atomic mass is 35.5. The SMILES string of the molecule is O=C1S/C(=C/c2ccc([N+](=O)[O-])cc2)C(=O)N1Cc1ccc(Cl)cc1Cl. The third kappa shape index (κ3) is 3.90. The van der Waals surface area contributed by atoms with E-state index >= 15 is 0 Å². The van der Waals surface area contributed by atoms with Gasteiger partial charge in [-0.15, -0.1) is 0 Å². The zero-order chi connectivity index (χ0) is 18.8. The quantitative estimate of drug-likeness (QED) is 0.397. The van der Waals surface area contributed by atoms with E-state index < -0.39 is 16.1 Å². The molecule has 0 saturated carbocycles. The number of non-ortho nitro benzene ring substituents is 1. The smallest absolute Gasteiger partial charge is 0.268 e. The second kappa shape index (κ2) is 7.49. The lowest BCUT2D eigenvalue weighted by molar-refractivity contribution is -0.384. The molecule has 9 heteroatoms. The Morgan fingerprint density at radius 2 is 1.81 bits per heavy atom.